The molecule has 1 aromatic rings. The van der Waals surface area contributed by atoms with Crippen LogP contribution in [0.15, 0.2) is 23.3 Å². The first-order chi connectivity index (χ1) is 9.11. The van der Waals surface area contributed by atoms with Crippen LogP contribution in [0.4, 0.5) is 0 Å². The van der Waals surface area contributed by atoms with Gasteiger partial charge in [0.2, 0.25) is 0 Å². The minimum atomic E-state index is -0.130. The molecule has 19 heavy (non-hydrogen) atoms. The summed E-state index contributed by atoms with van der Waals surface area (Å²) >= 11 is 6.30. The molecular weight excluding hydrogens is 284 g/mol. The highest BCUT2D eigenvalue weighted by molar-refractivity contribution is 8.23. The third kappa shape index (κ3) is 3.24. The maximum atomic E-state index is 11.5. The Labute approximate surface area is 120 Å². The first-order valence-electron chi connectivity index (χ1n) is 5.61. The third-order valence-electron chi connectivity index (χ3n) is 2.33. The molecule has 7 heteroatoms. The molecule has 5 nitrogen and oxygen atoms in total. The number of thioether (sulfide) groups is 1. The van der Waals surface area contributed by atoms with Crippen molar-refractivity contribution in [3.05, 3.63) is 23.8 Å². The standard InChI is InChI=1S/C12H12N2O3S2/c1-2-17-10-5-8(3-4-9(10)15)6-13-14-11(16)7-19-12(14)18/h3-6,15H,2,7H2,1H3/b13-6+. The second kappa shape index (κ2) is 6.03. The molecule has 1 aromatic carbocycles. The Morgan fingerprint density at radius 2 is 2.42 bits per heavy atom. The molecule has 0 aromatic heterocycles. The van der Waals surface area contributed by atoms with Crippen molar-refractivity contribution in [2.75, 3.05) is 12.4 Å². The highest BCUT2D eigenvalue weighted by atomic mass is 32.2. The molecule has 100 valence electrons. The van der Waals surface area contributed by atoms with E-state index >= 15 is 0 Å². The highest BCUT2D eigenvalue weighted by Gasteiger charge is 2.25. The van der Waals surface area contributed by atoms with Crippen LogP contribution in [0.3, 0.4) is 0 Å². The number of hydrazone groups is 1. The number of phenols is 1. The molecule has 1 aliphatic heterocycles. The monoisotopic (exact) mass is 296 g/mol. The van der Waals surface area contributed by atoms with Gasteiger partial charge < -0.3 is 9.84 Å². The van der Waals surface area contributed by atoms with Gasteiger partial charge in [0.1, 0.15) is 0 Å². The summed E-state index contributed by atoms with van der Waals surface area (Å²) in [6.45, 7) is 2.29. The molecule has 0 bridgehead atoms. The van der Waals surface area contributed by atoms with E-state index in [2.05, 4.69) is 5.10 Å². The van der Waals surface area contributed by atoms with Gasteiger partial charge in [-0.15, -0.1) is 0 Å². The summed E-state index contributed by atoms with van der Waals surface area (Å²) in [4.78, 5) is 11.5. The first-order valence-corrected chi connectivity index (χ1v) is 7.00. The van der Waals surface area contributed by atoms with Crippen molar-refractivity contribution < 1.29 is 14.6 Å². The Hall–Kier alpha value is -1.60. The normalized spacial score (nSPS) is 15.5. The molecule has 2 rings (SSSR count). The zero-order chi connectivity index (χ0) is 13.8. The largest absolute Gasteiger partial charge is 0.504 e. The van der Waals surface area contributed by atoms with Gasteiger partial charge in [-0.25, -0.2) is 0 Å². The van der Waals surface area contributed by atoms with Crippen molar-refractivity contribution in [1.82, 2.24) is 5.01 Å². The summed E-state index contributed by atoms with van der Waals surface area (Å²) in [5.74, 6) is 0.657. The van der Waals surface area contributed by atoms with Crippen LogP contribution in [0.2, 0.25) is 0 Å². The van der Waals surface area contributed by atoms with Crippen molar-refractivity contribution >= 4 is 40.4 Å². The maximum Gasteiger partial charge on any atom is 0.259 e. The predicted octanol–water partition coefficient (Wildman–Crippen LogP) is 1.99. The van der Waals surface area contributed by atoms with Gasteiger partial charge in [-0.05, 0) is 30.7 Å². The smallest absolute Gasteiger partial charge is 0.259 e. The Bertz CT molecular complexity index is 530. The molecule has 1 fully saturated rings. The molecule has 0 radical (unpaired) electrons. The predicted molar refractivity (Wildman–Crippen MR) is 78.8 cm³/mol. The first kappa shape index (κ1) is 13.8. The summed E-state index contributed by atoms with van der Waals surface area (Å²) < 4.78 is 5.72. The molecule has 1 saturated heterocycles. The molecule has 0 aliphatic carbocycles. The maximum absolute atomic E-state index is 11.5. The summed E-state index contributed by atoms with van der Waals surface area (Å²) in [5, 5.41) is 14.8. The zero-order valence-corrected chi connectivity index (χ0v) is 11.8. The van der Waals surface area contributed by atoms with Gasteiger partial charge in [-0.2, -0.15) is 10.1 Å². The molecule has 0 saturated carbocycles. The molecule has 1 N–H and O–H groups in total. The number of hydrogen-bond donors (Lipinski definition) is 1. The highest BCUT2D eigenvalue weighted by Crippen LogP contribution is 2.26. The Kier molecular flexibility index (Phi) is 4.39. The Balaban J connectivity index is 2.16. The number of ether oxygens (including phenoxy) is 1. The average molecular weight is 296 g/mol. The van der Waals surface area contributed by atoms with E-state index in [9.17, 15) is 9.90 Å². The molecule has 1 aliphatic rings. The van der Waals surface area contributed by atoms with E-state index in [4.69, 9.17) is 17.0 Å². The van der Waals surface area contributed by atoms with E-state index < -0.39 is 0 Å². The van der Waals surface area contributed by atoms with E-state index in [0.717, 1.165) is 0 Å². The van der Waals surface area contributed by atoms with Gasteiger partial charge in [-0.1, -0.05) is 24.0 Å². The number of phenolic OH excluding ortho intramolecular Hbond substituents is 1. The van der Waals surface area contributed by atoms with E-state index in [-0.39, 0.29) is 11.7 Å². The van der Waals surface area contributed by atoms with Crippen molar-refractivity contribution in [2.24, 2.45) is 5.10 Å². The number of benzene rings is 1. The minimum Gasteiger partial charge on any atom is -0.504 e. The summed E-state index contributed by atoms with van der Waals surface area (Å²) in [5.41, 5.74) is 0.716. The van der Waals surface area contributed by atoms with Crippen molar-refractivity contribution in [3.63, 3.8) is 0 Å². The minimum absolute atomic E-state index is 0.0716. The van der Waals surface area contributed by atoms with E-state index in [1.807, 2.05) is 6.92 Å². The Morgan fingerprint density at radius 1 is 1.63 bits per heavy atom. The molecule has 1 heterocycles. The van der Waals surface area contributed by atoms with Crippen LogP contribution in [0, 0.1) is 0 Å². The summed E-state index contributed by atoms with van der Waals surface area (Å²) in [7, 11) is 0. The fraction of sp³-hybridized carbons (Fsp3) is 0.250. The van der Waals surface area contributed by atoms with Crippen LogP contribution in [-0.2, 0) is 4.79 Å². The molecule has 0 atom stereocenters. The lowest BCUT2D eigenvalue weighted by molar-refractivity contribution is -0.123. The molecule has 0 spiro atoms. The average Bonchev–Trinajstić information content (AvgIpc) is 2.70. The van der Waals surface area contributed by atoms with Crippen LogP contribution >= 0.6 is 24.0 Å². The van der Waals surface area contributed by atoms with E-state index in [1.54, 1.807) is 12.1 Å². The third-order valence-corrected chi connectivity index (χ3v) is 3.67. The summed E-state index contributed by atoms with van der Waals surface area (Å²) in [6, 6.07) is 4.85. The number of hydrogen-bond acceptors (Lipinski definition) is 6. The summed E-state index contributed by atoms with van der Waals surface area (Å²) in [6.07, 6.45) is 1.51. The lowest BCUT2D eigenvalue weighted by atomic mass is 10.2. The van der Waals surface area contributed by atoms with Crippen LogP contribution < -0.4 is 4.74 Å². The second-order valence-electron chi connectivity index (χ2n) is 3.66. The van der Waals surface area contributed by atoms with Crippen LogP contribution in [0.5, 0.6) is 11.5 Å². The van der Waals surface area contributed by atoms with Gasteiger partial charge >= 0.3 is 0 Å². The number of nitrogens with zero attached hydrogens (tertiary/aromatic N) is 2. The number of aromatic hydroxyl groups is 1. The quantitative estimate of drug-likeness (QED) is 0.680. The zero-order valence-electron chi connectivity index (χ0n) is 10.2. The Morgan fingerprint density at radius 3 is 3.05 bits per heavy atom. The number of thiocarbonyl (C=S) groups is 1. The van der Waals surface area contributed by atoms with Crippen molar-refractivity contribution in [1.29, 1.82) is 0 Å². The molecule has 0 unspecified atom stereocenters. The number of amides is 1. The van der Waals surface area contributed by atoms with Crippen LogP contribution in [0.1, 0.15) is 12.5 Å². The van der Waals surface area contributed by atoms with Gasteiger partial charge in [0.25, 0.3) is 5.91 Å². The molecular formula is C12H12N2O3S2. The number of carbonyl (C=O) groups excluding carboxylic acids is 1. The van der Waals surface area contributed by atoms with Gasteiger partial charge in [0.05, 0.1) is 18.6 Å². The van der Waals surface area contributed by atoms with Crippen LogP contribution in [0.25, 0.3) is 0 Å². The number of carbonyl (C=O) groups is 1. The van der Waals surface area contributed by atoms with E-state index in [0.29, 0.717) is 28.0 Å². The van der Waals surface area contributed by atoms with E-state index in [1.165, 1.54) is 29.1 Å². The van der Waals surface area contributed by atoms with Crippen molar-refractivity contribution in [2.45, 2.75) is 6.92 Å². The fourth-order valence-electron chi connectivity index (χ4n) is 1.47. The van der Waals surface area contributed by atoms with Crippen LogP contribution in [-0.4, -0.2) is 38.9 Å². The van der Waals surface area contributed by atoms with Gasteiger partial charge in [-0.3, -0.25) is 4.79 Å². The second-order valence-corrected chi connectivity index (χ2v) is 5.27. The lowest BCUT2D eigenvalue weighted by Gasteiger charge is -2.08. The van der Waals surface area contributed by atoms with Crippen molar-refractivity contribution in [3.8, 4) is 11.5 Å². The lowest BCUT2D eigenvalue weighted by Crippen LogP contribution is -2.22. The number of rotatable bonds is 4. The topological polar surface area (TPSA) is 62.1 Å². The van der Waals surface area contributed by atoms with Gasteiger partial charge in [0, 0.05) is 0 Å². The molecule has 1 amide bonds. The van der Waals surface area contributed by atoms with Gasteiger partial charge in [0.15, 0.2) is 15.8 Å². The SMILES string of the molecule is CCOc1cc(/C=N/N2C(=O)CSC2=S)ccc1O. The fourth-order valence-corrected chi connectivity index (χ4v) is 2.43.